The highest BCUT2D eigenvalue weighted by Gasteiger charge is 2.58. The van der Waals surface area contributed by atoms with Crippen LogP contribution < -0.4 is 0 Å². The highest BCUT2D eigenvalue weighted by Crippen LogP contribution is 2.57. The average molecular weight is 404 g/mol. The van der Waals surface area contributed by atoms with E-state index in [1.54, 1.807) is 4.99 Å². The largest absolute Gasteiger partial charge is 0.490 e. The fourth-order valence-corrected chi connectivity index (χ4v) is 4.37. The minimum Gasteiger partial charge on any atom is -0.490 e. The van der Waals surface area contributed by atoms with Crippen LogP contribution in [0.25, 0.3) is 0 Å². The Kier molecular flexibility index (Phi) is 3.39. The van der Waals surface area contributed by atoms with Crippen molar-refractivity contribution >= 4 is 31.9 Å². The van der Waals surface area contributed by atoms with E-state index in [2.05, 4.69) is 44.5 Å². The molecule has 7 atom stereocenters. The van der Waals surface area contributed by atoms with Crippen molar-refractivity contribution in [3.63, 3.8) is 0 Å². The molecule has 0 unspecified atom stereocenters. The highest BCUT2D eigenvalue weighted by molar-refractivity contribution is 9.11. The van der Waals surface area contributed by atoms with E-state index >= 15 is 0 Å². The molecule has 20 heavy (non-hydrogen) atoms. The van der Waals surface area contributed by atoms with Crippen molar-refractivity contribution in [2.75, 3.05) is 0 Å². The fourth-order valence-electron chi connectivity index (χ4n) is 3.42. The van der Waals surface area contributed by atoms with Crippen LogP contribution in [0, 0.1) is 11.8 Å². The van der Waals surface area contributed by atoms with Crippen LogP contribution in [-0.2, 0) is 14.2 Å². The van der Waals surface area contributed by atoms with Gasteiger partial charge < -0.3 is 14.2 Å². The number of fused-ring (bicyclic) bond motifs is 1. The summed E-state index contributed by atoms with van der Waals surface area (Å²) in [7, 11) is 0. The van der Waals surface area contributed by atoms with Gasteiger partial charge in [-0.05, 0) is 41.3 Å². The van der Waals surface area contributed by atoms with E-state index in [-0.39, 0.29) is 18.3 Å². The van der Waals surface area contributed by atoms with E-state index in [9.17, 15) is 0 Å². The van der Waals surface area contributed by atoms with Crippen molar-refractivity contribution in [2.24, 2.45) is 11.8 Å². The number of hydrogen-bond donors (Lipinski definition) is 0. The SMILES string of the molecule is C[C@H]1O[C@H]1[C@@H]1C[C@@H]1C1=C(Br)[C@H]2O[C@H](C=C=CBr)C[C@H]2O1. The predicted molar refractivity (Wildman–Crippen MR) is 81.6 cm³/mol. The molecule has 0 aromatic heterocycles. The zero-order valence-corrected chi connectivity index (χ0v) is 14.3. The first-order chi connectivity index (χ1) is 9.69. The summed E-state index contributed by atoms with van der Waals surface area (Å²) in [6, 6.07) is 0. The Balaban J connectivity index is 1.44. The summed E-state index contributed by atoms with van der Waals surface area (Å²) < 4.78 is 18.9. The topological polar surface area (TPSA) is 31.0 Å². The Hall–Kier alpha value is -0.0600. The summed E-state index contributed by atoms with van der Waals surface area (Å²) in [6.45, 7) is 2.14. The third-order valence-electron chi connectivity index (χ3n) is 4.59. The molecule has 1 saturated carbocycles. The first kappa shape index (κ1) is 13.6. The van der Waals surface area contributed by atoms with E-state index in [1.807, 2.05) is 6.08 Å². The summed E-state index contributed by atoms with van der Waals surface area (Å²) in [5, 5.41) is 0. The molecule has 3 aliphatic heterocycles. The van der Waals surface area contributed by atoms with Gasteiger partial charge in [-0.3, -0.25) is 0 Å². The van der Waals surface area contributed by atoms with Gasteiger partial charge in [0.25, 0.3) is 0 Å². The van der Waals surface area contributed by atoms with Crippen molar-refractivity contribution in [3.05, 3.63) is 27.0 Å². The zero-order valence-electron chi connectivity index (χ0n) is 11.1. The molecule has 0 aromatic carbocycles. The van der Waals surface area contributed by atoms with Gasteiger partial charge in [-0.15, -0.1) is 5.73 Å². The molecule has 0 amide bonds. The van der Waals surface area contributed by atoms with Crippen LogP contribution >= 0.6 is 31.9 Å². The van der Waals surface area contributed by atoms with E-state index in [4.69, 9.17) is 14.2 Å². The summed E-state index contributed by atoms with van der Waals surface area (Å²) in [5.74, 6) is 2.30. The lowest BCUT2D eigenvalue weighted by Gasteiger charge is -2.09. The van der Waals surface area contributed by atoms with E-state index < -0.39 is 0 Å². The first-order valence-corrected chi connectivity index (χ1v) is 8.78. The maximum atomic E-state index is 6.16. The Labute approximate surface area is 135 Å². The quantitative estimate of drug-likeness (QED) is 0.532. The zero-order chi connectivity index (χ0) is 13.9. The van der Waals surface area contributed by atoms with Gasteiger partial charge in [-0.2, -0.15) is 0 Å². The van der Waals surface area contributed by atoms with Gasteiger partial charge in [0.2, 0.25) is 0 Å². The second kappa shape index (κ2) is 4.99. The van der Waals surface area contributed by atoms with Crippen molar-refractivity contribution in [2.45, 2.75) is 50.3 Å². The lowest BCUT2D eigenvalue weighted by Crippen LogP contribution is -2.16. The molecule has 0 aromatic rings. The van der Waals surface area contributed by atoms with Crippen LogP contribution in [0.2, 0.25) is 0 Å². The number of halogens is 2. The molecule has 4 aliphatic rings. The standard InChI is InChI=1S/C15H16Br2O3/c1-7-13(18-7)9-6-10(9)14-12(17)15-11(20-14)5-8(19-15)3-2-4-16/h3-4,7-11,13,15H,5-6H2,1H3/t2?,7-,8-,9-,10+,11-,13-,15+/m1/s1. The molecule has 0 bridgehead atoms. The molecule has 3 fully saturated rings. The monoisotopic (exact) mass is 402 g/mol. The third-order valence-corrected chi connectivity index (χ3v) is 5.70. The van der Waals surface area contributed by atoms with Crippen LogP contribution in [-0.4, -0.2) is 30.5 Å². The molecule has 2 saturated heterocycles. The Bertz CT molecular complexity index is 523. The van der Waals surface area contributed by atoms with Crippen LogP contribution in [0.15, 0.2) is 27.0 Å². The minimum atomic E-state index is 0.0576. The van der Waals surface area contributed by atoms with Gasteiger partial charge >= 0.3 is 0 Å². The second-order valence-corrected chi connectivity index (χ2v) is 7.27. The summed E-state index contributed by atoms with van der Waals surface area (Å²) in [5.41, 5.74) is 3.01. The number of hydrogen-bond acceptors (Lipinski definition) is 3. The number of ether oxygens (including phenoxy) is 3. The lowest BCUT2D eigenvalue weighted by molar-refractivity contribution is 0.0615. The first-order valence-electron chi connectivity index (χ1n) is 7.07. The number of rotatable bonds is 3. The molecule has 3 heterocycles. The van der Waals surface area contributed by atoms with Gasteiger partial charge in [0.1, 0.15) is 18.0 Å². The summed E-state index contributed by atoms with van der Waals surface area (Å²) in [4.78, 5) is 1.72. The molecular formula is C15H16Br2O3. The Morgan fingerprint density at radius 1 is 1.30 bits per heavy atom. The highest BCUT2D eigenvalue weighted by atomic mass is 79.9. The third kappa shape index (κ3) is 2.24. The number of allylic oxidation sites excluding steroid dienone is 1. The fraction of sp³-hybridized carbons (Fsp3) is 0.667. The van der Waals surface area contributed by atoms with Crippen molar-refractivity contribution in [3.8, 4) is 0 Å². The van der Waals surface area contributed by atoms with Gasteiger partial charge in [0, 0.05) is 17.3 Å². The smallest absolute Gasteiger partial charge is 0.132 e. The van der Waals surface area contributed by atoms with E-state index in [1.165, 1.54) is 6.42 Å². The molecule has 1 aliphatic carbocycles. The molecule has 0 spiro atoms. The maximum absolute atomic E-state index is 6.16. The van der Waals surface area contributed by atoms with E-state index in [0.29, 0.717) is 24.0 Å². The van der Waals surface area contributed by atoms with Gasteiger partial charge in [0.15, 0.2) is 0 Å². The molecule has 108 valence electrons. The molecule has 4 rings (SSSR count). The molecule has 0 N–H and O–H groups in total. The van der Waals surface area contributed by atoms with Crippen LogP contribution in [0.3, 0.4) is 0 Å². The maximum Gasteiger partial charge on any atom is 0.132 e. The van der Waals surface area contributed by atoms with Gasteiger partial charge in [-0.1, -0.05) is 15.9 Å². The number of epoxide rings is 1. The van der Waals surface area contributed by atoms with Crippen molar-refractivity contribution < 1.29 is 14.2 Å². The van der Waals surface area contributed by atoms with Crippen molar-refractivity contribution in [1.82, 2.24) is 0 Å². The minimum absolute atomic E-state index is 0.0576. The Morgan fingerprint density at radius 3 is 2.75 bits per heavy atom. The van der Waals surface area contributed by atoms with E-state index in [0.717, 1.165) is 16.7 Å². The summed E-state index contributed by atoms with van der Waals surface area (Å²) >= 11 is 6.91. The second-order valence-electron chi connectivity index (χ2n) is 5.95. The molecular weight excluding hydrogens is 388 g/mol. The van der Waals surface area contributed by atoms with Gasteiger partial charge in [-0.25, -0.2) is 0 Å². The van der Waals surface area contributed by atoms with Crippen LogP contribution in [0.1, 0.15) is 19.8 Å². The average Bonchev–Trinajstić information content (AvgIpc) is 3.28. The van der Waals surface area contributed by atoms with Gasteiger partial charge in [0.05, 0.1) is 22.8 Å². The lowest BCUT2D eigenvalue weighted by atomic mass is 10.1. The Morgan fingerprint density at radius 2 is 2.10 bits per heavy atom. The molecule has 3 nitrogen and oxygen atoms in total. The molecule has 5 heteroatoms. The van der Waals surface area contributed by atoms with Crippen molar-refractivity contribution in [1.29, 1.82) is 0 Å². The van der Waals surface area contributed by atoms with Crippen LogP contribution in [0.5, 0.6) is 0 Å². The van der Waals surface area contributed by atoms with Crippen LogP contribution in [0.4, 0.5) is 0 Å². The normalized spacial score (nSPS) is 48.5. The predicted octanol–water partition coefficient (Wildman–Crippen LogP) is 3.64. The molecule has 0 radical (unpaired) electrons. The summed E-state index contributed by atoms with van der Waals surface area (Å²) in [6.07, 6.45) is 5.22.